The molecule has 0 saturated carbocycles. The van der Waals surface area contributed by atoms with Gasteiger partial charge in [-0.3, -0.25) is 9.48 Å². The van der Waals surface area contributed by atoms with E-state index < -0.39 is 0 Å². The maximum absolute atomic E-state index is 11.9. The van der Waals surface area contributed by atoms with Gasteiger partial charge in [-0.15, -0.1) is 0 Å². The molecule has 2 heterocycles. The second kappa shape index (κ2) is 4.68. The first-order valence-corrected chi connectivity index (χ1v) is 5.81. The Labute approximate surface area is 106 Å². The fourth-order valence-corrected chi connectivity index (χ4v) is 1.82. The lowest BCUT2D eigenvalue weighted by atomic mass is 10.2. The van der Waals surface area contributed by atoms with E-state index in [1.807, 2.05) is 32.2 Å². The molecule has 0 aliphatic carbocycles. The topological polar surface area (TPSA) is 51.3 Å². The van der Waals surface area contributed by atoms with E-state index in [0.717, 1.165) is 17.0 Å². The van der Waals surface area contributed by atoms with Gasteiger partial charge in [-0.2, -0.15) is 5.10 Å². The number of amides is 1. The van der Waals surface area contributed by atoms with Crippen LogP contribution in [0.1, 0.15) is 18.5 Å². The van der Waals surface area contributed by atoms with Crippen molar-refractivity contribution in [3.63, 3.8) is 0 Å². The van der Waals surface area contributed by atoms with Gasteiger partial charge in [0.2, 0.25) is 5.91 Å². The summed E-state index contributed by atoms with van der Waals surface area (Å²) < 4.78 is 7.01. The molecule has 18 heavy (non-hydrogen) atoms. The van der Waals surface area contributed by atoms with Crippen LogP contribution in [-0.2, 0) is 4.79 Å². The molecule has 5 heteroatoms. The minimum absolute atomic E-state index is 0.0171. The lowest BCUT2D eigenvalue weighted by molar-refractivity contribution is -0.131. The molecule has 2 rings (SSSR count). The Morgan fingerprint density at radius 2 is 2.22 bits per heavy atom. The summed E-state index contributed by atoms with van der Waals surface area (Å²) >= 11 is 0. The summed E-state index contributed by atoms with van der Waals surface area (Å²) in [7, 11) is 3.48. The largest absolute Gasteiger partial charge is 0.463 e. The first-order valence-electron chi connectivity index (χ1n) is 5.81. The fourth-order valence-electron chi connectivity index (χ4n) is 1.82. The van der Waals surface area contributed by atoms with E-state index in [2.05, 4.69) is 5.10 Å². The number of nitrogens with zero attached hydrogens (tertiary/aromatic N) is 3. The normalized spacial score (nSPS) is 12.4. The predicted octanol–water partition coefficient (Wildman–Crippen LogP) is 2.10. The van der Waals surface area contributed by atoms with E-state index in [4.69, 9.17) is 4.42 Å². The molecule has 0 bridgehead atoms. The highest BCUT2D eigenvalue weighted by Crippen LogP contribution is 2.23. The molecule has 96 valence electrons. The summed E-state index contributed by atoms with van der Waals surface area (Å²) in [6.07, 6.45) is 3.48. The molecule has 5 nitrogen and oxygen atoms in total. The molecule has 0 saturated heterocycles. The number of furan rings is 1. The van der Waals surface area contributed by atoms with Gasteiger partial charge in [0.05, 0.1) is 6.26 Å². The van der Waals surface area contributed by atoms with Crippen molar-refractivity contribution in [3.05, 3.63) is 30.2 Å². The van der Waals surface area contributed by atoms with Crippen LogP contribution in [-0.4, -0.2) is 34.7 Å². The molecule has 0 aliphatic rings. The zero-order valence-corrected chi connectivity index (χ0v) is 11.0. The van der Waals surface area contributed by atoms with Gasteiger partial charge in [-0.05, 0) is 31.5 Å². The second-order valence-electron chi connectivity index (χ2n) is 4.53. The van der Waals surface area contributed by atoms with Crippen LogP contribution in [0.2, 0.25) is 0 Å². The minimum atomic E-state index is -0.317. The molecule has 1 atom stereocenters. The average molecular weight is 247 g/mol. The van der Waals surface area contributed by atoms with Crippen LogP contribution in [0.5, 0.6) is 0 Å². The van der Waals surface area contributed by atoms with Gasteiger partial charge >= 0.3 is 0 Å². The highest BCUT2D eigenvalue weighted by molar-refractivity contribution is 5.79. The molecule has 1 unspecified atom stereocenters. The van der Waals surface area contributed by atoms with Crippen LogP contribution in [0.25, 0.3) is 11.5 Å². The number of likely N-dealkylation sites (N-methyl/N-ethyl adjacent to an activating group) is 1. The Morgan fingerprint density at radius 1 is 1.50 bits per heavy atom. The number of hydrogen-bond donors (Lipinski definition) is 0. The van der Waals surface area contributed by atoms with Gasteiger partial charge in [0.25, 0.3) is 0 Å². The van der Waals surface area contributed by atoms with Crippen molar-refractivity contribution in [2.45, 2.75) is 19.9 Å². The Kier molecular flexibility index (Phi) is 3.23. The van der Waals surface area contributed by atoms with Gasteiger partial charge in [0, 0.05) is 20.3 Å². The van der Waals surface area contributed by atoms with E-state index in [1.165, 1.54) is 0 Å². The minimum Gasteiger partial charge on any atom is -0.463 e. The van der Waals surface area contributed by atoms with Crippen molar-refractivity contribution in [1.29, 1.82) is 0 Å². The summed E-state index contributed by atoms with van der Waals surface area (Å²) in [6.45, 7) is 3.79. The van der Waals surface area contributed by atoms with E-state index in [0.29, 0.717) is 0 Å². The average Bonchev–Trinajstić information content (AvgIpc) is 2.95. The lowest BCUT2D eigenvalue weighted by Crippen LogP contribution is -2.30. The number of carbonyl (C=O) groups is 1. The molecule has 1 amide bonds. The van der Waals surface area contributed by atoms with Crippen LogP contribution in [0.4, 0.5) is 0 Å². The Morgan fingerprint density at radius 3 is 2.78 bits per heavy atom. The molecule has 0 aromatic carbocycles. The summed E-state index contributed by atoms with van der Waals surface area (Å²) in [5.74, 6) is 0.735. The maximum Gasteiger partial charge on any atom is 0.246 e. The van der Waals surface area contributed by atoms with Crippen LogP contribution < -0.4 is 0 Å². The van der Waals surface area contributed by atoms with Crippen LogP contribution in [0, 0.1) is 6.92 Å². The summed E-state index contributed by atoms with van der Waals surface area (Å²) in [5, 5.41) is 4.43. The highest BCUT2D eigenvalue weighted by atomic mass is 16.3. The van der Waals surface area contributed by atoms with Crippen molar-refractivity contribution < 1.29 is 9.21 Å². The monoisotopic (exact) mass is 247 g/mol. The molecule has 0 N–H and O–H groups in total. The smallest absolute Gasteiger partial charge is 0.246 e. The lowest BCUT2D eigenvalue weighted by Gasteiger charge is -2.16. The number of hydrogen-bond acceptors (Lipinski definition) is 3. The summed E-state index contributed by atoms with van der Waals surface area (Å²) in [5.41, 5.74) is 1.77. The van der Waals surface area contributed by atoms with Crippen LogP contribution in [0.3, 0.4) is 0 Å². The van der Waals surface area contributed by atoms with Gasteiger partial charge in [0.15, 0.2) is 5.76 Å². The fraction of sp³-hybridized carbons (Fsp3) is 0.385. The zero-order valence-electron chi connectivity index (χ0n) is 11.0. The maximum atomic E-state index is 11.9. The molecule has 2 aromatic heterocycles. The molecule has 0 radical (unpaired) electrons. The quantitative estimate of drug-likeness (QED) is 0.834. The van der Waals surface area contributed by atoms with Gasteiger partial charge in [-0.25, -0.2) is 0 Å². The van der Waals surface area contributed by atoms with E-state index in [1.54, 1.807) is 29.9 Å². The third kappa shape index (κ3) is 2.16. The zero-order chi connectivity index (χ0) is 13.3. The van der Waals surface area contributed by atoms with Crippen molar-refractivity contribution in [2.24, 2.45) is 0 Å². The number of aromatic nitrogens is 2. The SMILES string of the molecule is Cc1cn(C(C)C(=O)N(C)C)nc1-c1ccco1. The Hall–Kier alpha value is -2.04. The highest BCUT2D eigenvalue weighted by Gasteiger charge is 2.20. The Balaban J connectivity index is 2.32. The van der Waals surface area contributed by atoms with Crippen LogP contribution in [0.15, 0.2) is 29.0 Å². The molecular formula is C13H17N3O2. The first-order chi connectivity index (χ1) is 8.50. The number of carbonyl (C=O) groups excluding carboxylic acids is 1. The number of rotatable bonds is 3. The molecule has 2 aromatic rings. The van der Waals surface area contributed by atoms with Crippen molar-refractivity contribution in [2.75, 3.05) is 14.1 Å². The molecule has 0 spiro atoms. The predicted molar refractivity (Wildman–Crippen MR) is 68.1 cm³/mol. The third-order valence-corrected chi connectivity index (χ3v) is 2.86. The standard InChI is InChI=1S/C13H17N3O2/c1-9-8-16(10(2)13(17)15(3)4)14-12(9)11-6-5-7-18-11/h5-8,10H,1-4H3. The van der Waals surface area contributed by atoms with Crippen LogP contribution >= 0.6 is 0 Å². The van der Waals surface area contributed by atoms with Crippen molar-refractivity contribution >= 4 is 5.91 Å². The summed E-state index contributed by atoms with van der Waals surface area (Å²) in [6, 6.07) is 3.36. The van der Waals surface area contributed by atoms with Crippen molar-refractivity contribution in [1.82, 2.24) is 14.7 Å². The van der Waals surface area contributed by atoms with E-state index in [9.17, 15) is 4.79 Å². The van der Waals surface area contributed by atoms with Gasteiger partial charge in [-0.1, -0.05) is 0 Å². The Bertz CT molecular complexity index is 541. The van der Waals surface area contributed by atoms with Gasteiger partial charge < -0.3 is 9.32 Å². The molecule has 0 aliphatic heterocycles. The van der Waals surface area contributed by atoms with Gasteiger partial charge in [0.1, 0.15) is 11.7 Å². The molecular weight excluding hydrogens is 230 g/mol. The van der Waals surface area contributed by atoms with E-state index >= 15 is 0 Å². The first kappa shape index (κ1) is 12.4. The van der Waals surface area contributed by atoms with E-state index in [-0.39, 0.29) is 11.9 Å². The van der Waals surface area contributed by atoms with Crippen molar-refractivity contribution in [3.8, 4) is 11.5 Å². The second-order valence-corrected chi connectivity index (χ2v) is 4.53. The third-order valence-electron chi connectivity index (χ3n) is 2.86. The summed E-state index contributed by atoms with van der Waals surface area (Å²) in [4.78, 5) is 13.5. The number of aryl methyl sites for hydroxylation is 1. The molecule has 0 fully saturated rings.